The zero-order valence-corrected chi connectivity index (χ0v) is 12.9. The fourth-order valence-corrected chi connectivity index (χ4v) is 3.21. The van der Waals surface area contributed by atoms with Crippen LogP contribution in [0.3, 0.4) is 0 Å². The van der Waals surface area contributed by atoms with Crippen LogP contribution in [0.2, 0.25) is 0 Å². The Hall–Kier alpha value is -2.72. The number of aryl methyl sites for hydroxylation is 1. The summed E-state index contributed by atoms with van der Waals surface area (Å²) in [4.78, 5) is 13.2. The van der Waals surface area contributed by atoms with Gasteiger partial charge >= 0.3 is 0 Å². The Morgan fingerprint density at radius 1 is 1.41 bits per heavy atom. The van der Waals surface area contributed by atoms with Crippen molar-refractivity contribution in [3.63, 3.8) is 0 Å². The Bertz CT molecular complexity index is 902. The molecule has 2 aromatic heterocycles. The van der Waals surface area contributed by atoms with Crippen molar-refractivity contribution in [3.8, 4) is 6.07 Å². The molecule has 1 aromatic carbocycles. The lowest BCUT2D eigenvalue weighted by Crippen LogP contribution is -2.19. The number of nitrogens with one attached hydrogen (secondary N) is 1. The quantitative estimate of drug-likeness (QED) is 0.806. The van der Waals surface area contributed by atoms with Gasteiger partial charge in [0.2, 0.25) is 5.91 Å². The van der Waals surface area contributed by atoms with E-state index in [0.717, 1.165) is 21.5 Å². The van der Waals surface area contributed by atoms with Crippen LogP contribution >= 0.6 is 11.3 Å². The molecule has 6 nitrogen and oxygen atoms in total. The summed E-state index contributed by atoms with van der Waals surface area (Å²) in [5, 5.41) is 20.6. The number of thiophene rings is 1. The fraction of sp³-hybridized carbons (Fsp3) is 0.200. The molecule has 7 heteroatoms. The van der Waals surface area contributed by atoms with Crippen LogP contribution in [-0.4, -0.2) is 20.9 Å². The molecule has 0 unspecified atom stereocenters. The highest BCUT2D eigenvalue weighted by Crippen LogP contribution is 2.31. The molecular formula is C15H13N5OS. The van der Waals surface area contributed by atoms with Gasteiger partial charge in [-0.2, -0.15) is 5.26 Å². The summed E-state index contributed by atoms with van der Waals surface area (Å²) in [7, 11) is 0. The molecule has 2 heterocycles. The molecule has 0 aliphatic heterocycles. The third kappa shape index (κ3) is 2.44. The van der Waals surface area contributed by atoms with Crippen LogP contribution in [0.15, 0.2) is 24.3 Å². The number of carbonyl (C=O) groups is 1. The topological polar surface area (TPSA) is 83.6 Å². The first-order valence-corrected chi connectivity index (χ1v) is 7.50. The maximum absolute atomic E-state index is 12.2. The fourth-order valence-electron chi connectivity index (χ4n) is 2.19. The van der Waals surface area contributed by atoms with E-state index in [1.54, 1.807) is 4.68 Å². The lowest BCUT2D eigenvalue weighted by atomic mass is 10.2. The van der Waals surface area contributed by atoms with Crippen LogP contribution in [0.5, 0.6) is 0 Å². The molecule has 3 aromatic rings. The van der Waals surface area contributed by atoms with Crippen LogP contribution in [0.4, 0.5) is 5.00 Å². The van der Waals surface area contributed by atoms with Gasteiger partial charge < -0.3 is 5.32 Å². The van der Waals surface area contributed by atoms with Gasteiger partial charge in [0, 0.05) is 4.88 Å². The van der Waals surface area contributed by atoms with Gasteiger partial charge in [0.15, 0.2) is 0 Å². The molecule has 0 atom stereocenters. The van der Waals surface area contributed by atoms with E-state index in [1.165, 1.54) is 11.3 Å². The van der Waals surface area contributed by atoms with Crippen LogP contribution in [-0.2, 0) is 11.3 Å². The summed E-state index contributed by atoms with van der Waals surface area (Å²) < 4.78 is 1.55. The average molecular weight is 311 g/mol. The number of fused-ring (bicyclic) bond motifs is 1. The number of aromatic nitrogens is 3. The summed E-state index contributed by atoms with van der Waals surface area (Å²) in [5.74, 6) is -0.228. The molecule has 110 valence electrons. The molecule has 0 aliphatic carbocycles. The van der Waals surface area contributed by atoms with Crippen LogP contribution in [0.25, 0.3) is 11.0 Å². The van der Waals surface area contributed by atoms with E-state index in [1.807, 2.05) is 38.1 Å². The van der Waals surface area contributed by atoms with Crippen LogP contribution < -0.4 is 5.32 Å². The Balaban J connectivity index is 1.81. The largest absolute Gasteiger partial charge is 0.315 e. The summed E-state index contributed by atoms with van der Waals surface area (Å²) in [5.41, 5.74) is 2.99. The number of para-hydroxylation sites is 1. The van der Waals surface area contributed by atoms with E-state index in [2.05, 4.69) is 21.7 Å². The maximum atomic E-state index is 12.2. The summed E-state index contributed by atoms with van der Waals surface area (Å²) in [6.45, 7) is 3.87. The molecule has 1 N–H and O–H groups in total. The van der Waals surface area contributed by atoms with Gasteiger partial charge in [-0.25, -0.2) is 4.68 Å². The van der Waals surface area contributed by atoms with Gasteiger partial charge in [-0.3, -0.25) is 4.79 Å². The van der Waals surface area contributed by atoms with Crippen LogP contribution in [0.1, 0.15) is 16.0 Å². The van der Waals surface area contributed by atoms with Gasteiger partial charge in [0.05, 0.1) is 11.1 Å². The minimum atomic E-state index is -0.228. The first-order valence-electron chi connectivity index (χ1n) is 6.68. The van der Waals surface area contributed by atoms with Crippen molar-refractivity contribution < 1.29 is 4.79 Å². The maximum Gasteiger partial charge on any atom is 0.246 e. The molecule has 0 aliphatic rings. The lowest BCUT2D eigenvalue weighted by Gasteiger charge is -2.04. The third-order valence-electron chi connectivity index (χ3n) is 3.46. The van der Waals surface area contributed by atoms with Crippen molar-refractivity contribution in [1.29, 1.82) is 5.26 Å². The zero-order chi connectivity index (χ0) is 15.7. The predicted octanol–water partition coefficient (Wildman–Crippen LogP) is 2.62. The molecule has 0 radical (unpaired) electrons. The van der Waals surface area contributed by atoms with E-state index >= 15 is 0 Å². The smallest absolute Gasteiger partial charge is 0.246 e. The van der Waals surface area contributed by atoms with Gasteiger partial charge in [-0.1, -0.05) is 17.3 Å². The van der Waals surface area contributed by atoms with E-state index in [9.17, 15) is 10.1 Å². The van der Waals surface area contributed by atoms with Gasteiger partial charge in [-0.05, 0) is 31.5 Å². The molecule has 0 saturated carbocycles. The number of amides is 1. The highest BCUT2D eigenvalue weighted by molar-refractivity contribution is 7.16. The Morgan fingerprint density at radius 3 is 2.95 bits per heavy atom. The number of benzene rings is 1. The molecule has 0 spiro atoms. The van der Waals surface area contributed by atoms with Crippen molar-refractivity contribution >= 4 is 33.3 Å². The Kier molecular flexibility index (Phi) is 3.61. The second kappa shape index (κ2) is 5.58. The summed E-state index contributed by atoms with van der Waals surface area (Å²) in [6.07, 6.45) is 0. The number of anilines is 1. The normalized spacial score (nSPS) is 10.6. The minimum absolute atomic E-state index is 0.0569. The molecule has 1 amide bonds. The highest BCUT2D eigenvalue weighted by atomic mass is 32.1. The van der Waals surface area contributed by atoms with E-state index in [-0.39, 0.29) is 12.5 Å². The number of rotatable bonds is 3. The predicted molar refractivity (Wildman–Crippen MR) is 84.7 cm³/mol. The number of nitriles is 1. The molecule has 0 bridgehead atoms. The van der Waals surface area contributed by atoms with Crippen molar-refractivity contribution in [1.82, 2.24) is 15.0 Å². The van der Waals surface area contributed by atoms with Gasteiger partial charge in [0.25, 0.3) is 0 Å². The first kappa shape index (κ1) is 14.2. The SMILES string of the molecule is Cc1sc(NC(=O)Cn2nnc3ccccc32)c(C#N)c1C. The Morgan fingerprint density at radius 2 is 2.18 bits per heavy atom. The van der Waals surface area contributed by atoms with E-state index in [4.69, 9.17) is 0 Å². The summed E-state index contributed by atoms with van der Waals surface area (Å²) >= 11 is 1.41. The van der Waals surface area contributed by atoms with Crippen LogP contribution in [0, 0.1) is 25.2 Å². The second-order valence-corrected chi connectivity index (χ2v) is 6.11. The molecular weight excluding hydrogens is 298 g/mol. The highest BCUT2D eigenvalue weighted by Gasteiger charge is 2.15. The standard InChI is InChI=1S/C15H13N5OS/c1-9-10(2)22-15(11(9)7-16)17-14(21)8-20-13-6-4-3-5-12(13)18-19-20/h3-6H,8H2,1-2H3,(H,17,21). The number of hydrogen-bond donors (Lipinski definition) is 1. The van der Waals surface area contributed by atoms with E-state index < -0.39 is 0 Å². The Labute approximate surface area is 131 Å². The molecule has 0 fully saturated rings. The number of nitrogens with zero attached hydrogens (tertiary/aromatic N) is 4. The van der Waals surface area contributed by atoms with Crippen molar-refractivity contribution in [2.75, 3.05) is 5.32 Å². The molecule has 3 rings (SSSR count). The van der Waals surface area contributed by atoms with Gasteiger partial charge in [-0.15, -0.1) is 16.4 Å². The second-order valence-electron chi connectivity index (χ2n) is 4.88. The lowest BCUT2D eigenvalue weighted by molar-refractivity contribution is -0.116. The number of carbonyl (C=O) groups excluding carboxylic acids is 1. The summed E-state index contributed by atoms with van der Waals surface area (Å²) in [6, 6.07) is 9.59. The molecule has 22 heavy (non-hydrogen) atoms. The third-order valence-corrected chi connectivity index (χ3v) is 4.59. The first-order chi connectivity index (χ1) is 10.6. The zero-order valence-electron chi connectivity index (χ0n) is 12.1. The monoisotopic (exact) mass is 311 g/mol. The minimum Gasteiger partial charge on any atom is -0.315 e. The van der Waals surface area contributed by atoms with Gasteiger partial charge in [0.1, 0.15) is 23.1 Å². The van der Waals surface area contributed by atoms with E-state index in [0.29, 0.717) is 10.6 Å². The average Bonchev–Trinajstić information content (AvgIpc) is 3.02. The van der Waals surface area contributed by atoms with Crippen molar-refractivity contribution in [2.45, 2.75) is 20.4 Å². The number of hydrogen-bond acceptors (Lipinski definition) is 5. The molecule has 0 saturated heterocycles. The van der Waals surface area contributed by atoms with Crippen molar-refractivity contribution in [3.05, 3.63) is 40.3 Å². The van der Waals surface area contributed by atoms with Crippen molar-refractivity contribution in [2.24, 2.45) is 0 Å².